The molecule has 0 saturated carbocycles. The van der Waals surface area contributed by atoms with Crippen LogP contribution in [0.15, 0.2) is 56.5 Å². The number of hydrogen-bond acceptors (Lipinski definition) is 3. The Kier molecular flexibility index (Phi) is 3.31. The molecule has 1 saturated heterocycles. The van der Waals surface area contributed by atoms with Crippen molar-refractivity contribution in [3.8, 4) is 0 Å². The minimum absolute atomic E-state index is 0.648. The lowest BCUT2D eigenvalue weighted by molar-refractivity contribution is 0.435. The molecule has 1 aromatic carbocycles. The molecule has 1 unspecified atom stereocenters. The minimum atomic E-state index is -0.648. The molecule has 0 amide bonds. The van der Waals surface area contributed by atoms with Crippen LogP contribution in [0.2, 0.25) is 0 Å². The van der Waals surface area contributed by atoms with E-state index in [0.29, 0.717) is 5.11 Å². The summed E-state index contributed by atoms with van der Waals surface area (Å²) in [5.41, 5.74) is 0.410. The molecule has 2 aliphatic heterocycles. The largest absolute Gasteiger partial charge is 0.466 e. The van der Waals surface area contributed by atoms with Crippen LogP contribution in [0.4, 0.5) is 0 Å². The molecule has 0 bridgehead atoms. The summed E-state index contributed by atoms with van der Waals surface area (Å²) in [6.07, 6.45) is 2.70. The Hall–Kier alpha value is -1.66. The molecule has 1 aromatic heterocycles. The van der Waals surface area contributed by atoms with Crippen molar-refractivity contribution in [2.45, 2.75) is 12.0 Å². The summed E-state index contributed by atoms with van der Waals surface area (Å²) in [6, 6.07) is 12.0. The Morgan fingerprint density at radius 2 is 2.23 bits per heavy atom. The fourth-order valence-corrected chi connectivity index (χ4v) is 3.87. The number of amidine groups is 1. The highest BCUT2D eigenvalue weighted by molar-refractivity contribution is 9.10. The summed E-state index contributed by atoms with van der Waals surface area (Å²) in [6.45, 7) is 1.70. The van der Waals surface area contributed by atoms with E-state index in [0.717, 1.165) is 41.1 Å². The van der Waals surface area contributed by atoms with Crippen LogP contribution in [-0.4, -0.2) is 28.9 Å². The molecule has 6 heteroatoms. The second-order valence-electron chi connectivity index (χ2n) is 5.38. The van der Waals surface area contributed by atoms with E-state index in [2.05, 4.69) is 38.3 Å². The van der Waals surface area contributed by atoms with Gasteiger partial charge in [0.15, 0.2) is 10.7 Å². The Bertz CT molecular complexity index is 759. The summed E-state index contributed by atoms with van der Waals surface area (Å²) in [5, 5.41) is 4.17. The zero-order valence-electron chi connectivity index (χ0n) is 11.8. The molecule has 0 spiro atoms. The molecule has 0 radical (unpaired) electrons. The van der Waals surface area contributed by atoms with Crippen LogP contribution >= 0.6 is 28.1 Å². The first kappa shape index (κ1) is 14.0. The number of fused-ring (bicyclic) bond motifs is 1. The van der Waals surface area contributed by atoms with Crippen LogP contribution in [0.5, 0.6) is 0 Å². The quantitative estimate of drug-likeness (QED) is 0.817. The molecule has 4 rings (SSSR count). The van der Waals surface area contributed by atoms with Crippen molar-refractivity contribution in [3.05, 3.63) is 58.5 Å². The van der Waals surface area contributed by atoms with Gasteiger partial charge in [-0.3, -0.25) is 4.99 Å². The number of halogens is 1. The van der Waals surface area contributed by atoms with E-state index in [1.54, 1.807) is 6.26 Å². The first-order chi connectivity index (χ1) is 10.7. The van der Waals surface area contributed by atoms with Crippen molar-refractivity contribution in [1.82, 2.24) is 10.2 Å². The van der Waals surface area contributed by atoms with Gasteiger partial charge < -0.3 is 14.6 Å². The summed E-state index contributed by atoms with van der Waals surface area (Å²) in [5.74, 6) is 1.73. The number of rotatable bonds is 2. The fourth-order valence-electron chi connectivity index (χ4n) is 3.14. The Morgan fingerprint density at radius 3 is 3.00 bits per heavy atom. The Labute approximate surface area is 142 Å². The SMILES string of the molecule is S=C1NC(c2cccc(Br)c2)(c2ccco2)C2=NCCCN12. The van der Waals surface area contributed by atoms with Crippen molar-refractivity contribution in [2.75, 3.05) is 13.1 Å². The molecule has 2 aliphatic rings. The smallest absolute Gasteiger partial charge is 0.181 e. The molecule has 1 N–H and O–H groups in total. The van der Waals surface area contributed by atoms with Gasteiger partial charge in [0.2, 0.25) is 0 Å². The number of thiocarbonyl (C=S) groups is 1. The van der Waals surface area contributed by atoms with Crippen LogP contribution in [0.1, 0.15) is 17.7 Å². The molecule has 0 aliphatic carbocycles. The average Bonchev–Trinajstić information content (AvgIpc) is 3.15. The maximum Gasteiger partial charge on any atom is 0.181 e. The summed E-state index contributed by atoms with van der Waals surface area (Å²) in [4.78, 5) is 6.86. The van der Waals surface area contributed by atoms with Crippen LogP contribution in [0.25, 0.3) is 0 Å². The highest BCUT2D eigenvalue weighted by atomic mass is 79.9. The van der Waals surface area contributed by atoms with Gasteiger partial charge >= 0.3 is 0 Å². The lowest BCUT2D eigenvalue weighted by Gasteiger charge is -2.30. The number of benzene rings is 1. The lowest BCUT2D eigenvalue weighted by atomic mass is 9.86. The third-order valence-electron chi connectivity index (χ3n) is 4.08. The fraction of sp³-hybridized carbons (Fsp3) is 0.250. The van der Waals surface area contributed by atoms with Gasteiger partial charge in [0.25, 0.3) is 0 Å². The predicted octanol–water partition coefficient (Wildman–Crippen LogP) is 3.28. The van der Waals surface area contributed by atoms with Gasteiger partial charge in [-0.1, -0.05) is 28.1 Å². The average molecular weight is 376 g/mol. The van der Waals surface area contributed by atoms with Gasteiger partial charge in [0.1, 0.15) is 11.6 Å². The molecule has 3 heterocycles. The van der Waals surface area contributed by atoms with Crippen molar-refractivity contribution < 1.29 is 4.42 Å². The minimum Gasteiger partial charge on any atom is -0.466 e. The first-order valence-corrected chi connectivity index (χ1v) is 8.36. The molecule has 1 atom stereocenters. The number of aliphatic imine (C=N–C) groups is 1. The normalized spacial score (nSPS) is 24.0. The third kappa shape index (κ3) is 1.94. The second-order valence-corrected chi connectivity index (χ2v) is 6.68. The van der Waals surface area contributed by atoms with E-state index in [9.17, 15) is 0 Å². The maximum atomic E-state index is 5.77. The van der Waals surface area contributed by atoms with E-state index < -0.39 is 5.54 Å². The van der Waals surface area contributed by atoms with E-state index in [1.165, 1.54) is 0 Å². The van der Waals surface area contributed by atoms with Gasteiger partial charge in [-0.2, -0.15) is 0 Å². The van der Waals surface area contributed by atoms with Crippen molar-refractivity contribution >= 4 is 39.1 Å². The predicted molar refractivity (Wildman–Crippen MR) is 93.0 cm³/mol. The van der Waals surface area contributed by atoms with Crippen LogP contribution in [0, 0.1) is 0 Å². The lowest BCUT2D eigenvalue weighted by Crippen LogP contribution is -2.46. The molecule has 4 nitrogen and oxygen atoms in total. The summed E-state index contributed by atoms with van der Waals surface area (Å²) in [7, 11) is 0. The van der Waals surface area contributed by atoms with Crippen molar-refractivity contribution in [2.24, 2.45) is 4.99 Å². The molecular weight excluding hydrogens is 362 g/mol. The topological polar surface area (TPSA) is 40.8 Å². The van der Waals surface area contributed by atoms with Gasteiger partial charge in [0, 0.05) is 17.6 Å². The molecule has 112 valence electrons. The molecule has 2 aromatic rings. The van der Waals surface area contributed by atoms with Crippen LogP contribution in [-0.2, 0) is 5.54 Å². The zero-order chi connectivity index (χ0) is 15.2. The van der Waals surface area contributed by atoms with Gasteiger partial charge in [-0.05, 0) is 48.5 Å². The van der Waals surface area contributed by atoms with E-state index >= 15 is 0 Å². The number of furan rings is 1. The Morgan fingerprint density at radius 1 is 1.32 bits per heavy atom. The number of nitrogens with zero attached hydrogens (tertiary/aromatic N) is 2. The molecule has 1 fully saturated rings. The highest BCUT2D eigenvalue weighted by Crippen LogP contribution is 2.39. The van der Waals surface area contributed by atoms with E-state index in [-0.39, 0.29) is 0 Å². The van der Waals surface area contributed by atoms with Gasteiger partial charge in [0.05, 0.1) is 6.26 Å². The first-order valence-electron chi connectivity index (χ1n) is 7.16. The second kappa shape index (κ2) is 5.21. The maximum absolute atomic E-state index is 5.77. The standard InChI is InChI=1S/C16H14BrN3OS/c17-12-5-1-4-11(10-12)16(13-6-2-9-21-13)14-18-7-3-8-20(14)15(22)19-16/h1-2,4-6,9-10H,3,7-8H2,(H,19,22). The third-order valence-corrected chi connectivity index (χ3v) is 4.90. The van der Waals surface area contributed by atoms with E-state index in [4.69, 9.17) is 21.6 Å². The monoisotopic (exact) mass is 375 g/mol. The highest BCUT2D eigenvalue weighted by Gasteiger charge is 2.52. The van der Waals surface area contributed by atoms with Gasteiger partial charge in [-0.25, -0.2) is 0 Å². The van der Waals surface area contributed by atoms with Crippen LogP contribution in [0.3, 0.4) is 0 Å². The number of nitrogens with one attached hydrogen (secondary N) is 1. The summed E-state index contributed by atoms with van der Waals surface area (Å²) < 4.78 is 6.78. The summed E-state index contributed by atoms with van der Waals surface area (Å²) >= 11 is 9.11. The van der Waals surface area contributed by atoms with E-state index in [1.807, 2.05) is 24.3 Å². The van der Waals surface area contributed by atoms with Crippen molar-refractivity contribution in [3.63, 3.8) is 0 Å². The zero-order valence-corrected chi connectivity index (χ0v) is 14.2. The molecular formula is C16H14BrN3OS. The van der Waals surface area contributed by atoms with Crippen molar-refractivity contribution in [1.29, 1.82) is 0 Å². The van der Waals surface area contributed by atoms with Crippen LogP contribution < -0.4 is 5.32 Å². The van der Waals surface area contributed by atoms with Gasteiger partial charge in [-0.15, -0.1) is 0 Å². The molecule has 22 heavy (non-hydrogen) atoms. The number of hydrogen-bond donors (Lipinski definition) is 1. The Balaban J connectivity index is 1.98.